The van der Waals surface area contributed by atoms with Crippen molar-refractivity contribution in [1.82, 2.24) is 0 Å². The number of hydrogen-bond donors (Lipinski definition) is 4. The van der Waals surface area contributed by atoms with Gasteiger partial charge in [-0.2, -0.15) is 0 Å². The molecule has 0 fully saturated rings. The van der Waals surface area contributed by atoms with E-state index in [4.69, 9.17) is 22.9 Å². The summed E-state index contributed by atoms with van der Waals surface area (Å²) in [7, 11) is 0. The highest BCUT2D eigenvalue weighted by Gasteiger charge is 2.11. The Bertz CT molecular complexity index is 856. The summed E-state index contributed by atoms with van der Waals surface area (Å²) in [5.41, 5.74) is 33.0. The average molecular weight is 318 g/mol. The summed E-state index contributed by atoms with van der Waals surface area (Å²) in [6.45, 7) is 3.97. The van der Waals surface area contributed by atoms with Gasteiger partial charge in [0.2, 0.25) is 0 Å². The maximum Gasteiger partial charge on any atom is 0.0414 e. The summed E-state index contributed by atoms with van der Waals surface area (Å²) >= 11 is 0. The third kappa shape index (κ3) is 2.74. The molecule has 0 aliphatic rings. The Hall–Kier alpha value is -3.14. The molecule has 0 atom stereocenters. The van der Waals surface area contributed by atoms with Crippen LogP contribution in [-0.2, 0) is 0 Å². The highest BCUT2D eigenvalue weighted by atomic mass is 14.6. The molecule has 4 heteroatoms. The highest BCUT2D eigenvalue weighted by molar-refractivity contribution is 5.89. The first kappa shape index (κ1) is 15.7. The summed E-state index contributed by atoms with van der Waals surface area (Å²) < 4.78 is 0. The molecular weight excluding hydrogens is 296 g/mol. The molecule has 3 rings (SSSR count). The molecule has 0 radical (unpaired) electrons. The summed E-state index contributed by atoms with van der Waals surface area (Å²) in [5, 5.41) is 0. The summed E-state index contributed by atoms with van der Waals surface area (Å²) in [6.07, 6.45) is 0. The number of benzene rings is 3. The second-order valence-electron chi connectivity index (χ2n) is 6.17. The lowest BCUT2D eigenvalue weighted by Crippen LogP contribution is -1.98. The standard InChI is InChI=1S/C20H22N4/c1-11-7-13(3-5-17(11)21)15-9-16(20(24)10-19(15)23)14-4-6-18(22)12(2)8-14/h3-10H,21-24H2,1-2H3. The van der Waals surface area contributed by atoms with Crippen LogP contribution in [0.2, 0.25) is 0 Å². The van der Waals surface area contributed by atoms with Gasteiger partial charge in [-0.1, -0.05) is 12.1 Å². The van der Waals surface area contributed by atoms with Gasteiger partial charge in [-0.05, 0) is 72.5 Å². The van der Waals surface area contributed by atoms with Crippen LogP contribution in [0.4, 0.5) is 22.7 Å². The lowest BCUT2D eigenvalue weighted by Gasteiger charge is -2.14. The molecule has 4 nitrogen and oxygen atoms in total. The quantitative estimate of drug-likeness (QED) is 0.537. The van der Waals surface area contributed by atoms with E-state index in [9.17, 15) is 0 Å². The first-order valence-electron chi connectivity index (χ1n) is 7.79. The van der Waals surface area contributed by atoms with Crippen molar-refractivity contribution in [3.63, 3.8) is 0 Å². The van der Waals surface area contributed by atoms with E-state index in [1.54, 1.807) is 0 Å². The van der Waals surface area contributed by atoms with E-state index in [2.05, 4.69) is 0 Å². The Labute approximate surface area is 142 Å². The van der Waals surface area contributed by atoms with Crippen LogP contribution in [0.3, 0.4) is 0 Å². The zero-order valence-electron chi connectivity index (χ0n) is 13.9. The van der Waals surface area contributed by atoms with Crippen LogP contribution in [0, 0.1) is 13.8 Å². The second kappa shape index (κ2) is 5.81. The third-order valence-corrected chi connectivity index (χ3v) is 4.38. The molecule has 0 aliphatic heterocycles. The van der Waals surface area contributed by atoms with Gasteiger partial charge in [0.1, 0.15) is 0 Å². The lowest BCUT2D eigenvalue weighted by atomic mass is 9.94. The van der Waals surface area contributed by atoms with E-state index in [1.165, 1.54) is 0 Å². The van der Waals surface area contributed by atoms with Gasteiger partial charge >= 0.3 is 0 Å². The monoisotopic (exact) mass is 318 g/mol. The Balaban J connectivity index is 2.18. The highest BCUT2D eigenvalue weighted by Crippen LogP contribution is 2.37. The Morgan fingerprint density at radius 1 is 0.500 bits per heavy atom. The molecule has 0 bridgehead atoms. The van der Waals surface area contributed by atoms with Crippen LogP contribution in [-0.4, -0.2) is 0 Å². The number of aryl methyl sites for hydroxylation is 2. The normalized spacial score (nSPS) is 10.8. The molecule has 0 unspecified atom stereocenters. The van der Waals surface area contributed by atoms with Crippen molar-refractivity contribution in [3.05, 3.63) is 59.7 Å². The van der Waals surface area contributed by atoms with Crippen molar-refractivity contribution in [1.29, 1.82) is 0 Å². The maximum atomic E-state index is 6.21. The lowest BCUT2D eigenvalue weighted by molar-refractivity contribution is 1.45. The van der Waals surface area contributed by atoms with Crippen molar-refractivity contribution >= 4 is 22.7 Å². The van der Waals surface area contributed by atoms with Crippen LogP contribution in [0.1, 0.15) is 11.1 Å². The molecule has 0 aromatic heterocycles. The van der Waals surface area contributed by atoms with Crippen molar-refractivity contribution in [2.24, 2.45) is 0 Å². The number of nitrogens with two attached hydrogens (primary N) is 4. The second-order valence-corrected chi connectivity index (χ2v) is 6.17. The zero-order chi connectivity index (χ0) is 17.4. The summed E-state index contributed by atoms with van der Waals surface area (Å²) in [4.78, 5) is 0. The van der Waals surface area contributed by atoms with Gasteiger partial charge in [-0.3, -0.25) is 0 Å². The molecule has 3 aromatic rings. The Morgan fingerprint density at radius 2 is 0.917 bits per heavy atom. The minimum absolute atomic E-state index is 0.646. The van der Waals surface area contributed by atoms with E-state index < -0.39 is 0 Å². The third-order valence-electron chi connectivity index (χ3n) is 4.38. The van der Waals surface area contributed by atoms with Gasteiger partial charge in [-0.25, -0.2) is 0 Å². The first-order valence-corrected chi connectivity index (χ1v) is 7.79. The van der Waals surface area contributed by atoms with Gasteiger partial charge in [0.05, 0.1) is 0 Å². The maximum absolute atomic E-state index is 6.21. The molecule has 0 spiro atoms. The fraction of sp³-hybridized carbons (Fsp3) is 0.100. The Morgan fingerprint density at radius 3 is 1.29 bits per heavy atom. The fourth-order valence-corrected chi connectivity index (χ4v) is 2.82. The van der Waals surface area contributed by atoms with Gasteiger partial charge < -0.3 is 22.9 Å². The van der Waals surface area contributed by atoms with Crippen LogP contribution >= 0.6 is 0 Å². The molecule has 3 aromatic carbocycles. The minimum Gasteiger partial charge on any atom is -0.399 e. The molecule has 0 heterocycles. The van der Waals surface area contributed by atoms with Crippen LogP contribution in [0.25, 0.3) is 22.3 Å². The van der Waals surface area contributed by atoms with E-state index >= 15 is 0 Å². The predicted octanol–water partition coefficient (Wildman–Crippen LogP) is 3.97. The van der Waals surface area contributed by atoms with Gasteiger partial charge in [0.15, 0.2) is 0 Å². The van der Waals surface area contributed by atoms with E-state index in [0.29, 0.717) is 11.4 Å². The molecule has 0 amide bonds. The largest absolute Gasteiger partial charge is 0.399 e. The molecule has 0 aliphatic carbocycles. The van der Waals surface area contributed by atoms with Gasteiger partial charge in [0.25, 0.3) is 0 Å². The van der Waals surface area contributed by atoms with E-state index in [1.807, 2.05) is 62.4 Å². The molecule has 0 saturated carbocycles. The Kier molecular flexibility index (Phi) is 3.81. The smallest absolute Gasteiger partial charge is 0.0414 e. The van der Waals surface area contributed by atoms with Gasteiger partial charge in [-0.15, -0.1) is 0 Å². The van der Waals surface area contributed by atoms with Crippen molar-refractivity contribution in [2.75, 3.05) is 22.9 Å². The minimum atomic E-state index is 0.646. The number of hydrogen-bond acceptors (Lipinski definition) is 4. The van der Waals surface area contributed by atoms with E-state index in [-0.39, 0.29) is 0 Å². The van der Waals surface area contributed by atoms with Crippen molar-refractivity contribution < 1.29 is 0 Å². The SMILES string of the molecule is Cc1cc(-c2cc(-c3ccc(N)c(C)c3)c(N)cc2N)ccc1N. The van der Waals surface area contributed by atoms with Crippen molar-refractivity contribution in [3.8, 4) is 22.3 Å². The van der Waals surface area contributed by atoms with Gasteiger partial charge in [0, 0.05) is 33.9 Å². The van der Waals surface area contributed by atoms with Crippen LogP contribution < -0.4 is 22.9 Å². The molecule has 8 N–H and O–H groups in total. The fourth-order valence-electron chi connectivity index (χ4n) is 2.82. The van der Waals surface area contributed by atoms with Crippen LogP contribution in [0.5, 0.6) is 0 Å². The zero-order valence-corrected chi connectivity index (χ0v) is 13.9. The summed E-state index contributed by atoms with van der Waals surface area (Å²) in [5.74, 6) is 0. The average Bonchev–Trinajstić information content (AvgIpc) is 2.53. The first-order chi connectivity index (χ1) is 11.4. The molecule has 122 valence electrons. The molecular formula is C20H22N4. The molecule has 0 saturated heterocycles. The molecule has 24 heavy (non-hydrogen) atoms. The number of anilines is 4. The summed E-state index contributed by atoms with van der Waals surface area (Å²) in [6, 6.07) is 15.7. The topological polar surface area (TPSA) is 104 Å². The van der Waals surface area contributed by atoms with E-state index in [0.717, 1.165) is 44.8 Å². The predicted molar refractivity (Wildman–Crippen MR) is 104 cm³/mol. The number of nitrogen functional groups attached to an aromatic ring is 4. The number of rotatable bonds is 2. The van der Waals surface area contributed by atoms with Crippen LogP contribution in [0.15, 0.2) is 48.5 Å². The van der Waals surface area contributed by atoms with Crippen molar-refractivity contribution in [2.45, 2.75) is 13.8 Å².